The van der Waals surface area contributed by atoms with Crippen LogP contribution >= 0.6 is 0 Å². The molecule has 1 saturated heterocycles. The number of imide groups is 1. The summed E-state index contributed by atoms with van der Waals surface area (Å²) >= 11 is 0. The number of aryl methyl sites for hydroxylation is 1. The van der Waals surface area contributed by atoms with Crippen molar-refractivity contribution in [2.75, 3.05) is 13.2 Å². The quantitative estimate of drug-likeness (QED) is 0.834. The van der Waals surface area contributed by atoms with Gasteiger partial charge in [-0.3, -0.25) is 9.69 Å². The zero-order valence-electron chi connectivity index (χ0n) is 14.4. The molecule has 1 aliphatic heterocycles. The molecule has 0 aromatic heterocycles. The second kappa shape index (κ2) is 6.74. The molecule has 136 valence electrons. The molecule has 1 N–H and O–H groups in total. The summed E-state index contributed by atoms with van der Waals surface area (Å²) in [6.07, 6.45) is 0. The van der Waals surface area contributed by atoms with Crippen LogP contribution in [0.4, 0.5) is 13.6 Å². The predicted molar refractivity (Wildman–Crippen MR) is 90.6 cm³/mol. The van der Waals surface area contributed by atoms with E-state index in [0.717, 1.165) is 22.6 Å². The summed E-state index contributed by atoms with van der Waals surface area (Å²) in [6, 6.07) is 9.93. The molecule has 26 heavy (non-hydrogen) atoms. The van der Waals surface area contributed by atoms with Gasteiger partial charge in [0.25, 0.3) is 5.91 Å². The standard InChI is InChI=1S/C19H18F2N2O3/c1-12-5-3-4-6-16(12)26-10-9-23-17(24)19(2,22-18(23)25)13-7-8-14(20)15(21)11-13/h3-8,11H,9-10H2,1-2H3,(H,22,25)/t19-/m0/s1. The molecule has 3 rings (SSSR count). The molecule has 0 saturated carbocycles. The monoisotopic (exact) mass is 360 g/mol. The smallest absolute Gasteiger partial charge is 0.325 e. The van der Waals surface area contributed by atoms with Crippen LogP contribution in [0.25, 0.3) is 0 Å². The largest absolute Gasteiger partial charge is 0.491 e. The molecule has 0 spiro atoms. The second-order valence-corrected chi connectivity index (χ2v) is 6.25. The second-order valence-electron chi connectivity index (χ2n) is 6.25. The highest BCUT2D eigenvalue weighted by atomic mass is 19.2. The predicted octanol–water partition coefficient (Wildman–Crippen LogP) is 3.12. The Hall–Kier alpha value is -2.96. The van der Waals surface area contributed by atoms with Crippen LogP contribution in [0.3, 0.4) is 0 Å². The van der Waals surface area contributed by atoms with Crippen LogP contribution in [0.5, 0.6) is 5.75 Å². The SMILES string of the molecule is Cc1ccccc1OCCN1C(=O)N[C@@](C)(c2ccc(F)c(F)c2)C1=O. The van der Waals surface area contributed by atoms with Gasteiger partial charge < -0.3 is 10.1 Å². The van der Waals surface area contributed by atoms with Crippen molar-refractivity contribution in [3.05, 3.63) is 65.2 Å². The van der Waals surface area contributed by atoms with E-state index in [1.54, 1.807) is 6.07 Å². The third-order valence-corrected chi connectivity index (χ3v) is 4.44. The number of ether oxygens (including phenoxy) is 1. The summed E-state index contributed by atoms with van der Waals surface area (Å²) < 4.78 is 32.3. The topological polar surface area (TPSA) is 58.6 Å². The first-order valence-electron chi connectivity index (χ1n) is 8.11. The van der Waals surface area contributed by atoms with Crippen LogP contribution in [0.2, 0.25) is 0 Å². The molecule has 3 amide bonds. The highest BCUT2D eigenvalue weighted by molar-refractivity contribution is 6.07. The normalized spacial score (nSPS) is 19.6. The number of carbonyl (C=O) groups excluding carboxylic acids is 2. The maximum absolute atomic E-state index is 13.5. The van der Waals surface area contributed by atoms with Gasteiger partial charge in [0.1, 0.15) is 17.9 Å². The minimum atomic E-state index is -1.45. The number of para-hydroxylation sites is 1. The minimum absolute atomic E-state index is 0.0399. The Balaban J connectivity index is 1.72. The van der Waals surface area contributed by atoms with Crippen molar-refractivity contribution in [2.45, 2.75) is 19.4 Å². The molecule has 1 atom stereocenters. The van der Waals surface area contributed by atoms with Gasteiger partial charge in [-0.1, -0.05) is 24.3 Å². The zero-order chi connectivity index (χ0) is 18.9. The number of benzene rings is 2. The lowest BCUT2D eigenvalue weighted by Crippen LogP contribution is -2.41. The summed E-state index contributed by atoms with van der Waals surface area (Å²) in [5, 5.41) is 2.55. The number of halogens is 2. The number of amides is 3. The molecule has 0 bridgehead atoms. The van der Waals surface area contributed by atoms with Crippen molar-refractivity contribution in [1.29, 1.82) is 0 Å². The number of hydrogen-bond acceptors (Lipinski definition) is 3. The van der Waals surface area contributed by atoms with Crippen molar-refractivity contribution >= 4 is 11.9 Å². The number of hydrogen-bond donors (Lipinski definition) is 1. The van der Waals surface area contributed by atoms with E-state index in [1.165, 1.54) is 13.0 Å². The van der Waals surface area contributed by atoms with E-state index in [0.29, 0.717) is 5.75 Å². The lowest BCUT2D eigenvalue weighted by molar-refractivity contribution is -0.131. The van der Waals surface area contributed by atoms with Crippen molar-refractivity contribution in [3.8, 4) is 5.75 Å². The number of nitrogens with one attached hydrogen (secondary N) is 1. The van der Waals surface area contributed by atoms with Gasteiger partial charge in [0.15, 0.2) is 11.6 Å². The fourth-order valence-electron chi connectivity index (χ4n) is 2.87. The summed E-state index contributed by atoms with van der Waals surface area (Å²) in [5.74, 6) is -1.96. The van der Waals surface area contributed by atoms with E-state index in [2.05, 4.69) is 5.32 Å². The van der Waals surface area contributed by atoms with Crippen LogP contribution in [-0.2, 0) is 10.3 Å². The fraction of sp³-hybridized carbons (Fsp3) is 0.263. The summed E-state index contributed by atoms with van der Waals surface area (Å²) in [7, 11) is 0. The number of nitrogens with zero attached hydrogens (tertiary/aromatic N) is 1. The fourth-order valence-corrected chi connectivity index (χ4v) is 2.87. The van der Waals surface area contributed by atoms with Crippen molar-refractivity contribution in [3.63, 3.8) is 0 Å². The molecule has 2 aromatic rings. The maximum Gasteiger partial charge on any atom is 0.325 e. The van der Waals surface area contributed by atoms with Gasteiger partial charge in [-0.05, 0) is 43.2 Å². The number of urea groups is 1. The Bertz CT molecular complexity index is 872. The highest BCUT2D eigenvalue weighted by Crippen LogP contribution is 2.29. The van der Waals surface area contributed by atoms with E-state index in [9.17, 15) is 18.4 Å². The minimum Gasteiger partial charge on any atom is -0.491 e. The van der Waals surface area contributed by atoms with Crippen LogP contribution < -0.4 is 10.1 Å². The average Bonchev–Trinajstić information content (AvgIpc) is 2.83. The lowest BCUT2D eigenvalue weighted by Gasteiger charge is -2.22. The molecular formula is C19H18F2N2O3. The van der Waals surface area contributed by atoms with Crippen LogP contribution in [-0.4, -0.2) is 30.0 Å². The lowest BCUT2D eigenvalue weighted by atomic mass is 9.92. The van der Waals surface area contributed by atoms with Crippen LogP contribution in [0, 0.1) is 18.6 Å². The van der Waals surface area contributed by atoms with E-state index < -0.39 is 29.1 Å². The Kier molecular flexibility index (Phi) is 4.63. The molecular weight excluding hydrogens is 342 g/mol. The van der Waals surface area contributed by atoms with Gasteiger partial charge in [-0.25, -0.2) is 13.6 Å². The molecule has 2 aromatic carbocycles. The molecule has 1 aliphatic rings. The third-order valence-electron chi connectivity index (χ3n) is 4.44. The van der Waals surface area contributed by atoms with Crippen molar-refractivity contribution < 1.29 is 23.1 Å². The molecule has 1 heterocycles. The molecule has 5 nitrogen and oxygen atoms in total. The van der Waals surface area contributed by atoms with E-state index >= 15 is 0 Å². The van der Waals surface area contributed by atoms with Crippen LogP contribution in [0.15, 0.2) is 42.5 Å². The summed E-state index contributed by atoms with van der Waals surface area (Å²) in [5.41, 5.74) is -0.331. The van der Waals surface area contributed by atoms with E-state index in [1.807, 2.05) is 25.1 Å². The maximum atomic E-state index is 13.5. The van der Waals surface area contributed by atoms with Gasteiger partial charge in [0.2, 0.25) is 0 Å². The summed E-state index contributed by atoms with van der Waals surface area (Å²) in [4.78, 5) is 25.9. The number of carbonyl (C=O) groups is 2. The molecule has 1 fully saturated rings. The van der Waals surface area contributed by atoms with E-state index in [-0.39, 0.29) is 18.7 Å². The van der Waals surface area contributed by atoms with Crippen LogP contribution in [0.1, 0.15) is 18.1 Å². The Morgan fingerprint density at radius 2 is 1.85 bits per heavy atom. The first-order valence-corrected chi connectivity index (χ1v) is 8.11. The van der Waals surface area contributed by atoms with Crippen molar-refractivity contribution in [1.82, 2.24) is 10.2 Å². The first-order chi connectivity index (χ1) is 12.3. The van der Waals surface area contributed by atoms with E-state index in [4.69, 9.17) is 4.74 Å². The molecule has 0 aliphatic carbocycles. The van der Waals surface area contributed by atoms with Gasteiger partial charge >= 0.3 is 6.03 Å². The zero-order valence-corrected chi connectivity index (χ0v) is 14.4. The summed E-state index contributed by atoms with van der Waals surface area (Å²) in [6.45, 7) is 3.52. The van der Waals surface area contributed by atoms with Gasteiger partial charge in [-0.2, -0.15) is 0 Å². The Morgan fingerprint density at radius 1 is 1.12 bits per heavy atom. The molecule has 0 unspecified atom stereocenters. The Labute approximate surface area is 149 Å². The number of rotatable bonds is 5. The Morgan fingerprint density at radius 3 is 2.54 bits per heavy atom. The molecule has 0 radical (unpaired) electrons. The first kappa shape index (κ1) is 17.8. The highest BCUT2D eigenvalue weighted by Gasteiger charge is 2.49. The third kappa shape index (κ3) is 3.12. The van der Waals surface area contributed by atoms with Gasteiger partial charge in [-0.15, -0.1) is 0 Å². The molecule has 7 heteroatoms. The van der Waals surface area contributed by atoms with Gasteiger partial charge in [0, 0.05) is 0 Å². The average molecular weight is 360 g/mol. The van der Waals surface area contributed by atoms with Gasteiger partial charge in [0.05, 0.1) is 6.54 Å². The van der Waals surface area contributed by atoms with Crippen molar-refractivity contribution in [2.24, 2.45) is 0 Å².